The number of aromatic amines is 1. The lowest BCUT2D eigenvalue weighted by atomic mass is 10.0. The molecule has 1 saturated heterocycles. The van der Waals surface area contributed by atoms with Crippen molar-refractivity contribution in [2.75, 3.05) is 6.54 Å². The zero-order valence-corrected chi connectivity index (χ0v) is 23.0. The number of hydrogen-bond donors (Lipinski definition) is 5. The molecule has 0 spiro atoms. The molecule has 4 aromatic rings. The number of halogens is 2. The van der Waals surface area contributed by atoms with Gasteiger partial charge < -0.3 is 26.5 Å². The number of guanidine groups is 1. The van der Waals surface area contributed by atoms with Gasteiger partial charge in [-0.25, -0.2) is 9.18 Å². The molecule has 0 radical (unpaired) electrons. The second-order valence-electron chi connectivity index (χ2n) is 10.4. The monoisotopic (exact) mass is 565 g/mol. The first-order valence-electron chi connectivity index (χ1n) is 13.4. The highest BCUT2D eigenvalue weighted by Crippen LogP contribution is 2.33. The van der Waals surface area contributed by atoms with E-state index in [9.17, 15) is 4.79 Å². The molecule has 2 aromatic carbocycles. The summed E-state index contributed by atoms with van der Waals surface area (Å²) in [5.41, 5.74) is 14.5. The van der Waals surface area contributed by atoms with E-state index in [1.807, 2.05) is 31.2 Å². The maximum atomic E-state index is 15.1. The molecule has 2 aromatic heterocycles. The van der Waals surface area contributed by atoms with E-state index in [1.165, 1.54) is 4.57 Å². The third-order valence-corrected chi connectivity index (χ3v) is 7.46. The van der Waals surface area contributed by atoms with Crippen molar-refractivity contribution < 1.29 is 9.13 Å². The molecule has 210 valence electrons. The summed E-state index contributed by atoms with van der Waals surface area (Å²) in [5, 5.41) is 10.8. The number of rotatable bonds is 9. The van der Waals surface area contributed by atoms with Crippen molar-refractivity contribution in [1.82, 2.24) is 19.9 Å². The molecule has 40 heavy (non-hydrogen) atoms. The molecular formula is C29H33ClFN7O2. The topological polar surface area (TPSA) is 148 Å². The average molecular weight is 566 g/mol. The summed E-state index contributed by atoms with van der Waals surface area (Å²) in [7, 11) is 0. The molecule has 0 aliphatic carbocycles. The van der Waals surface area contributed by atoms with Gasteiger partial charge in [0.1, 0.15) is 5.65 Å². The van der Waals surface area contributed by atoms with Gasteiger partial charge in [0.05, 0.1) is 28.6 Å². The van der Waals surface area contributed by atoms with Gasteiger partial charge in [-0.2, -0.15) is 4.98 Å². The average Bonchev–Trinajstić information content (AvgIpc) is 3.56. The fourth-order valence-corrected chi connectivity index (χ4v) is 5.35. The largest absolute Gasteiger partial charge is 0.370 e. The molecule has 5 rings (SSSR count). The normalized spacial score (nSPS) is 17.8. The smallest absolute Gasteiger partial charge is 0.354 e. The van der Waals surface area contributed by atoms with E-state index >= 15 is 4.39 Å². The summed E-state index contributed by atoms with van der Waals surface area (Å²) < 4.78 is 22.6. The second kappa shape index (κ2) is 11.8. The molecule has 3 atom stereocenters. The molecular weight excluding hydrogens is 533 g/mol. The van der Waals surface area contributed by atoms with Gasteiger partial charge in [0.2, 0.25) is 0 Å². The molecule has 0 amide bonds. The van der Waals surface area contributed by atoms with Crippen LogP contribution in [0.1, 0.15) is 49.8 Å². The summed E-state index contributed by atoms with van der Waals surface area (Å²) >= 11 is 6.23. The fourth-order valence-electron chi connectivity index (χ4n) is 5.11. The molecule has 9 nitrogen and oxygen atoms in total. The van der Waals surface area contributed by atoms with Crippen LogP contribution < -0.4 is 22.5 Å². The van der Waals surface area contributed by atoms with Crippen molar-refractivity contribution in [2.45, 2.75) is 57.3 Å². The van der Waals surface area contributed by atoms with Gasteiger partial charge in [0.25, 0.3) is 0 Å². The van der Waals surface area contributed by atoms with Crippen molar-refractivity contribution in [3.05, 3.63) is 81.1 Å². The summed E-state index contributed by atoms with van der Waals surface area (Å²) in [6.45, 7) is 2.46. The third-order valence-electron chi connectivity index (χ3n) is 7.18. The van der Waals surface area contributed by atoms with Crippen LogP contribution in [0.5, 0.6) is 0 Å². The Bertz CT molecular complexity index is 1580. The highest BCUT2D eigenvalue weighted by atomic mass is 35.5. The van der Waals surface area contributed by atoms with Gasteiger partial charge in [-0.3, -0.25) is 9.98 Å². The van der Waals surface area contributed by atoms with E-state index in [4.69, 9.17) is 33.2 Å². The van der Waals surface area contributed by atoms with Gasteiger partial charge in [-0.15, -0.1) is 0 Å². The number of benzene rings is 2. The number of nitrogens with one attached hydrogen (secondary N) is 3. The quantitative estimate of drug-likeness (QED) is 0.149. The Morgan fingerprint density at radius 1 is 1.30 bits per heavy atom. The molecule has 7 N–H and O–H groups in total. The Labute approximate surface area is 236 Å². The molecule has 0 unspecified atom stereocenters. The van der Waals surface area contributed by atoms with E-state index in [-0.39, 0.29) is 29.2 Å². The lowest BCUT2D eigenvalue weighted by molar-refractivity contribution is 0.0473. The maximum Gasteiger partial charge on any atom is 0.354 e. The second-order valence-corrected chi connectivity index (χ2v) is 10.8. The number of H-pyrrole nitrogens is 1. The third kappa shape index (κ3) is 6.19. The SMILES string of the molecule is C[C@H](N)CCCc1cc(Cl)c(F)c(-c2cc3cn(-c4ccc([C@@H]5CC[C@H](CNC(=N)N)O5)cc4)c(=O)nc3[nH]2)c1. The Hall–Kier alpha value is -3.73. The standard InChI is InChI=1S/C29H33ClFN7O2/c1-16(32)3-2-4-17-11-22(26(31)23(30)12-17)24-13-19-15-38(29(39)37-27(19)36-24)20-7-5-18(6-8-20)25-10-9-21(40-25)14-35-28(33)34/h5-8,11-13,15-16,21,25H,2-4,9-10,14,32H2,1H3,(H4,33,34,35)(H,36,37,39)/t16-,21+,25-/m0/s1. The highest BCUT2D eigenvalue weighted by molar-refractivity contribution is 6.31. The van der Waals surface area contributed by atoms with Crippen molar-refractivity contribution in [1.29, 1.82) is 5.41 Å². The van der Waals surface area contributed by atoms with Crippen molar-refractivity contribution in [3.63, 3.8) is 0 Å². The zero-order valence-electron chi connectivity index (χ0n) is 22.2. The van der Waals surface area contributed by atoms with Crippen LogP contribution in [0.25, 0.3) is 28.0 Å². The van der Waals surface area contributed by atoms with Crippen LogP contribution in [0.4, 0.5) is 4.39 Å². The fraction of sp³-hybridized carbons (Fsp3) is 0.345. The lowest BCUT2D eigenvalue weighted by Gasteiger charge is -2.15. The van der Waals surface area contributed by atoms with Crippen LogP contribution in [0.2, 0.25) is 5.02 Å². The van der Waals surface area contributed by atoms with Gasteiger partial charge in [-0.1, -0.05) is 23.7 Å². The van der Waals surface area contributed by atoms with Crippen LogP contribution >= 0.6 is 11.6 Å². The Kier molecular flexibility index (Phi) is 8.20. The van der Waals surface area contributed by atoms with E-state index in [2.05, 4.69) is 15.3 Å². The number of aromatic nitrogens is 3. The molecule has 0 bridgehead atoms. The first kappa shape index (κ1) is 27.8. The molecule has 3 heterocycles. The number of aryl methyl sites for hydroxylation is 1. The summed E-state index contributed by atoms with van der Waals surface area (Å²) in [4.78, 5) is 20.2. The molecule has 1 aliphatic rings. The number of fused-ring (bicyclic) bond motifs is 1. The number of hydrogen-bond acceptors (Lipinski definition) is 5. The van der Waals surface area contributed by atoms with Gasteiger partial charge in [0, 0.05) is 29.7 Å². The predicted octanol–water partition coefficient (Wildman–Crippen LogP) is 4.55. The van der Waals surface area contributed by atoms with Gasteiger partial charge >= 0.3 is 5.69 Å². The van der Waals surface area contributed by atoms with Gasteiger partial charge in [-0.05, 0) is 80.5 Å². The van der Waals surface area contributed by atoms with Crippen LogP contribution in [-0.4, -0.2) is 39.2 Å². The Balaban J connectivity index is 1.37. The van der Waals surface area contributed by atoms with Crippen molar-refractivity contribution in [3.8, 4) is 16.9 Å². The van der Waals surface area contributed by atoms with E-state index in [0.29, 0.717) is 34.5 Å². The zero-order chi connectivity index (χ0) is 28.4. The van der Waals surface area contributed by atoms with Crippen LogP contribution in [0.15, 0.2) is 53.5 Å². The summed E-state index contributed by atoms with van der Waals surface area (Å²) in [6.07, 6.45) is 5.81. The summed E-state index contributed by atoms with van der Waals surface area (Å²) in [5.74, 6) is -0.596. The number of nitrogens with two attached hydrogens (primary N) is 2. The lowest BCUT2D eigenvalue weighted by Crippen LogP contribution is -2.36. The van der Waals surface area contributed by atoms with Gasteiger partial charge in [0.15, 0.2) is 11.8 Å². The first-order valence-corrected chi connectivity index (χ1v) is 13.8. The minimum Gasteiger partial charge on any atom is -0.370 e. The minimum absolute atomic E-state index is 0.0133. The van der Waals surface area contributed by atoms with Crippen molar-refractivity contribution in [2.24, 2.45) is 11.5 Å². The molecule has 0 saturated carbocycles. The van der Waals surface area contributed by atoms with Crippen molar-refractivity contribution >= 4 is 28.6 Å². The van der Waals surface area contributed by atoms with E-state index in [0.717, 1.165) is 43.2 Å². The van der Waals surface area contributed by atoms with Crippen LogP contribution in [0, 0.1) is 11.2 Å². The number of nitrogens with zero attached hydrogens (tertiary/aromatic N) is 2. The van der Waals surface area contributed by atoms with Crippen LogP contribution in [0.3, 0.4) is 0 Å². The molecule has 1 aliphatic heterocycles. The highest BCUT2D eigenvalue weighted by Gasteiger charge is 2.26. The predicted molar refractivity (Wildman–Crippen MR) is 155 cm³/mol. The molecule has 11 heteroatoms. The van der Waals surface area contributed by atoms with Crippen LogP contribution in [-0.2, 0) is 11.2 Å². The van der Waals surface area contributed by atoms with E-state index < -0.39 is 11.5 Å². The Morgan fingerprint density at radius 2 is 2.08 bits per heavy atom. The maximum absolute atomic E-state index is 15.1. The minimum atomic E-state index is -0.525. The Morgan fingerprint density at radius 3 is 2.80 bits per heavy atom. The van der Waals surface area contributed by atoms with E-state index in [1.54, 1.807) is 24.4 Å². The molecule has 1 fully saturated rings. The first-order chi connectivity index (χ1) is 19.2. The number of ether oxygens (including phenoxy) is 1. The summed E-state index contributed by atoms with van der Waals surface area (Å²) in [6, 6.07) is 12.9.